The highest BCUT2D eigenvalue weighted by molar-refractivity contribution is 5.97. The normalized spacial score (nSPS) is 20.2. The summed E-state index contributed by atoms with van der Waals surface area (Å²) >= 11 is 0. The van der Waals surface area contributed by atoms with Crippen LogP contribution in [0.3, 0.4) is 0 Å². The molecule has 2 heterocycles. The van der Waals surface area contributed by atoms with E-state index in [9.17, 15) is 9.59 Å². The molecule has 29 heavy (non-hydrogen) atoms. The monoisotopic (exact) mass is 423 g/mol. The third-order valence-electron chi connectivity index (χ3n) is 5.50. The lowest BCUT2D eigenvalue weighted by atomic mass is 10.1. The standard InChI is InChI=1S/C21H32N4O3.ClH/c1-3-17-14-18(7-6-16(17)2)22-19-15-20(26)25(21(27)23-19)9-5-4-8-24-10-12-28-13-11-24;/h6-7,14,19,22H,3-5,8-13,15H2,1-2H3,(H,23,27);1H/p-1. The van der Waals surface area contributed by atoms with Crippen LogP contribution in [0.25, 0.3) is 0 Å². The van der Waals surface area contributed by atoms with Crippen molar-refractivity contribution in [3.05, 3.63) is 29.3 Å². The lowest BCUT2D eigenvalue weighted by molar-refractivity contribution is -0.130. The van der Waals surface area contributed by atoms with Crippen molar-refractivity contribution in [2.45, 2.75) is 45.7 Å². The Hall–Kier alpha value is -1.83. The molecule has 0 saturated carbocycles. The maximum atomic E-state index is 12.5. The Labute approximate surface area is 179 Å². The number of halogens is 1. The van der Waals surface area contributed by atoms with Crippen molar-refractivity contribution in [1.82, 2.24) is 15.1 Å². The first-order valence-corrected chi connectivity index (χ1v) is 10.3. The molecule has 8 heteroatoms. The van der Waals surface area contributed by atoms with Gasteiger partial charge in [0.2, 0.25) is 5.91 Å². The van der Waals surface area contributed by atoms with Crippen LogP contribution in [-0.2, 0) is 16.0 Å². The predicted molar refractivity (Wildman–Crippen MR) is 109 cm³/mol. The second-order valence-corrected chi connectivity index (χ2v) is 7.55. The Morgan fingerprint density at radius 3 is 2.59 bits per heavy atom. The van der Waals surface area contributed by atoms with Gasteiger partial charge in [0.05, 0.1) is 19.6 Å². The quantitative estimate of drug-likeness (QED) is 0.544. The van der Waals surface area contributed by atoms with E-state index in [4.69, 9.17) is 4.74 Å². The van der Waals surface area contributed by atoms with Crippen molar-refractivity contribution in [2.24, 2.45) is 0 Å². The highest BCUT2D eigenvalue weighted by atomic mass is 35.5. The second-order valence-electron chi connectivity index (χ2n) is 7.55. The molecule has 2 N–H and O–H groups in total. The van der Waals surface area contributed by atoms with Crippen molar-refractivity contribution in [3.8, 4) is 0 Å². The lowest BCUT2D eigenvalue weighted by Gasteiger charge is -2.32. The maximum absolute atomic E-state index is 12.5. The van der Waals surface area contributed by atoms with Gasteiger partial charge in [-0.1, -0.05) is 13.0 Å². The Balaban J connectivity index is 0.00000300. The number of urea groups is 1. The van der Waals surface area contributed by atoms with Crippen molar-refractivity contribution in [1.29, 1.82) is 0 Å². The summed E-state index contributed by atoms with van der Waals surface area (Å²) in [6, 6.07) is 5.84. The summed E-state index contributed by atoms with van der Waals surface area (Å²) in [7, 11) is 0. The third kappa shape index (κ3) is 6.59. The van der Waals surface area contributed by atoms with Gasteiger partial charge in [-0.25, -0.2) is 4.79 Å². The van der Waals surface area contributed by atoms with Crippen LogP contribution >= 0.6 is 0 Å². The first-order chi connectivity index (χ1) is 13.6. The van der Waals surface area contributed by atoms with Gasteiger partial charge in [-0.2, -0.15) is 0 Å². The number of benzene rings is 1. The fraction of sp³-hybridized carbons (Fsp3) is 0.619. The maximum Gasteiger partial charge on any atom is 0.325 e. The van der Waals surface area contributed by atoms with E-state index in [-0.39, 0.29) is 36.9 Å². The van der Waals surface area contributed by atoms with E-state index < -0.39 is 0 Å². The van der Waals surface area contributed by atoms with Crippen LogP contribution in [-0.4, -0.2) is 67.3 Å². The summed E-state index contributed by atoms with van der Waals surface area (Å²) in [4.78, 5) is 28.6. The topological polar surface area (TPSA) is 73.9 Å². The Morgan fingerprint density at radius 2 is 1.90 bits per heavy atom. The van der Waals surface area contributed by atoms with Crippen molar-refractivity contribution in [3.63, 3.8) is 0 Å². The molecule has 0 bridgehead atoms. The smallest absolute Gasteiger partial charge is 0.325 e. The molecule has 0 spiro atoms. The summed E-state index contributed by atoms with van der Waals surface area (Å²) in [6.45, 7) is 9.20. The number of amides is 3. The van der Waals surface area contributed by atoms with E-state index in [0.29, 0.717) is 6.54 Å². The summed E-state index contributed by atoms with van der Waals surface area (Å²) in [5.74, 6) is -0.115. The van der Waals surface area contributed by atoms with Crippen LogP contribution < -0.4 is 23.0 Å². The molecule has 1 unspecified atom stereocenters. The Morgan fingerprint density at radius 1 is 1.17 bits per heavy atom. The number of ether oxygens (including phenoxy) is 1. The molecule has 0 radical (unpaired) electrons. The molecule has 0 aromatic heterocycles. The van der Waals surface area contributed by atoms with Crippen molar-refractivity contribution >= 4 is 17.6 Å². The fourth-order valence-corrected chi connectivity index (χ4v) is 3.76. The Bertz CT molecular complexity index is 677. The molecule has 2 saturated heterocycles. The molecule has 3 rings (SSSR count). The van der Waals surface area contributed by atoms with Crippen LogP contribution in [0.2, 0.25) is 0 Å². The van der Waals surface area contributed by atoms with E-state index in [1.807, 2.05) is 6.07 Å². The molecule has 7 nitrogen and oxygen atoms in total. The van der Waals surface area contributed by atoms with E-state index in [0.717, 1.165) is 57.8 Å². The predicted octanol–water partition coefficient (Wildman–Crippen LogP) is -0.646. The number of rotatable bonds is 8. The Kier molecular flexibility index (Phi) is 9.20. The van der Waals surface area contributed by atoms with Gasteiger partial charge in [-0.3, -0.25) is 14.6 Å². The van der Waals surface area contributed by atoms with Crippen LogP contribution in [0, 0.1) is 6.92 Å². The van der Waals surface area contributed by atoms with Crippen molar-refractivity contribution < 1.29 is 26.7 Å². The zero-order chi connectivity index (χ0) is 19.9. The van der Waals surface area contributed by atoms with Gasteiger partial charge in [0, 0.05) is 25.3 Å². The van der Waals surface area contributed by atoms with Crippen LogP contribution in [0.15, 0.2) is 18.2 Å². The van der Waals surface area contributed by atoms with Gasteiger partial charge in [-0.15, -0.1) is 0 Å². The number of imide groups is 1. The molecule has 1 aromatic rings. The first-order valence-electron chi connectivity index (χ1n) is 10.3. The van der Waals surface area contributed by atoms with Gasteiger partial charge in [0.25, 0.3) is 0 Å². The van der Waals surface area contributed by atoms with Gasteiger partial charge in [-0.05, 0) is 56.0 Å². The average molecular weight is 424 g/mol. The molecule has 2 aliphatic rings. The zero-order valence-corrected chi connectivity index (χ0v) is 18.1. The zero-order valence-electron chi connectivity index (χ0n) is 17.4. The molecule has 2 aliphatic heterocycles. The van der Waals surface area contributed by atoms with Crippen LogP contribution in [0.4, 0.5) is 10.5 Å². The third-order valence-corrected chi connectivity index (χ3v) is 5.50. The van der Waals surface area contributed by atoms with Gasteiger partial charge >= 0.3 is 6.03 Å². The molecule has 1 atom stereocenters. The number of nitrogens with one attached hydrogen (secondary N) is 2. The van der Waals surface area contributed by atoms with Gasteiger partial charge in [0.1, 0.15) is 6.17 Å². The minimum absolute atomic E-state index is 0. The molecule has 1 aromatic carbocycles. The number of morpholine rings is 1. The van der Waals surface area contributed by atoms with E-state index in [2.05, 4.69) is 41.5 Å². The second kappa shape index (κ2) is 11.4. The first kappa shape index (κ1) is 23.4. The summed E-state index contributed by atoms with van der Waals surface area (Å²) < 4.78 is 5.35. The van der Waals surface area contributed by atoms with E-state index in [1.54, 1.807) is 0 Å². The molecular weight excluding hydrogens is 392 g/mol. The molecule has 0 aliphatic carbocycles. The number of carbonyl (C=O) groups excluding carboxylic acids is 2. The number of hydrogen-bond donors (Lipinski definition) is 2. The number of unbranched alkanes of at least 4 members (excludes halogenated alkanes) is 1. The fourth-order valence-electron chi connectivity index (χ4n) is 3.76. The molecule has 2 fully saturated rings. The van der Waals surface area contributed by atoms with E-state index in [1.165, 1.54) is 16.0 Å². The summed E-state index contributed by atoms with van der Waals surface area (Å²) in [5.41, 5.74) is 3.44. The summed E-state index contributed by atoms with van der Waals surface area (Å²) in [6.07, 6.45) is 2.66. The molecular formula is C21H32ClN4O3-. The minimum atomic E-state index is -0.364. The highest BCUT2D eigenvalue weighted by Gasteiger charge is 2.31. The van der Waals surface area contributed by atoms with Crippen LogP contribution in [0.1, 0.15) is 37.3 Å². The van der Waals surface area contributed by atoms with Gasteiger partial charge < -0.3 is 27.8 Å². The van der Waals surface area contributed by atoms with Crippen LogP contribution in [0.5, 0.6) is 0 Å². The number of hydrogen-bond acceptors (Lipinski definition) is 5. The molecule has 3 amide bonds. The summed E-state index contributed by atoms with van der Waals surface area (Å²) in [5, 5.41) is 6.19. The number of nitrogens with zero attached hydrogens (tertiary/aromatic N) is 2. The lowest BCUT2D eigenvalue weighted by Crippen LogP contribution is -3.00. The SMILES string of the molecule is CCc1cc(NC2CC(=O)N(CCCCN3CCOCC3)C(=O)N2)ccc1C.[Cl-]. The van der Waals surface area contributed by atoms with E-state index >= 15 is 0 Å². The number of aryl methyl sites for hydroxylation is 2. The van der Waals surface area contributed by atoms with Crippen molar-refractivity contribution in [2.75, 3.05) is 44.7 Å². The molecule has 162 valence electrons. The number of anilines is 1. The number of carbonyl (C=O) groups is 2. The largest absolute Gasteiger partial charge is 1.00 e. The average Bonchev–Trinajstić information content (AvgIpc) is 2.69. The van der Waals surface area contributed by atoms with Gasteiger partial charge in [0.15, 0.2) is 0 Å². The highest BCUT2D eigenvalue weighted by Crippen LogP contribution is 2.18. The minimum Gasteiger partial charge on any atom is -1.00 e.